The highest BCUT2D eigenvalue weighted by Crippen LogP contribution is 2.20. The molecule has 1 aliphatic rings. The first-order valence-electron chi connectivity index (χ1n) is 9.48. The molecule has 0 saturated carbocycles. The van der Waals surface area contributed by atoms with Gasteiger partial charge < -0.3 is 15.1 Å². The van der Waals surface area contributed by atoms with E-state index in [9.17, 15) is 0 Å². The molecule has 0 unspecified atom stereocenters. The van der Waals surface area contributed by atoms with Crippen molar-refractivity contribution in [3.63, 3.8) is 0 Å². The summed E-state index contributed by atoms with van der Waals surface area (Å²) in [4.78, 5) is 13.3. The molecule has 1 fully saturated rings. The molecule has 150 valence electrons. The fourth-order valence-electron chi connectivity index (χ4n) is 3.41. The van der Waals surface area contributed by atoms with Gasteiger partial charge in [-0.1, -0.05) is 48.0 Å². The molecule has 5 nitrogen and oxygen atoms in total. The van der Waals surface area contributed by atoms with Crippen LogP contribution in [0.5, 0.6) is 0 Å². The molecule has 28 heavy (non-hydrogen) atoms. The van der Waals surface area contributed by atoms with E-state index in [1.165, 1.54) is 16.7 Å². The van der Waals surface area contributed by atoms with E-state index in [0.717, 1.165) is 44.3 Å². The second kappa shape index (κ2) is 11.0. The van der Waals surface area contributed by atoms with E-state index in [-0.39, 0.29) is 24.0 Å². The Morgan fingerprint density at radius 3 is 2.50 bits per heavy atom. The Labute approximate surface area is 185 Å². The SMILES string of the molecule is CN=C(NCc1cccnc1N(C)C)N1CCC(=Cc2ccccc2)CC1.I. The number of aromatic nitrogens is 1. The van der Waals surface area contributed by atoms with E-state index in [4.69, 9.17) is 0 Å². The zero-order chi connectivity index (χ0) is 19.1. The van der Waals surface area contributed by atoms with Gasteiger partial charge in [-0.05, 0) is 24.5 Å². The lowest BCUT2D eigenvalue weighted by Gasteiger charge is -2.31. The van der Waals surface area contributed by atoms with E-state index < -0.39 is 0 Å². The van der Waals surface area contributed by atoms with Gasteiger partial charge >= 0.3 is 0 Å². The van der Waals surface area contributed by atoms with Gasteiger partial charge in [0.2, 0.25) is 0 Å². The molecule has 0 atom stereocenters. The number of halogens is 1. The van der Waals surface area contributed by atoms with Gasteiger partial charge in [-0.15, -0.1) is 24.0 Å². The Kier molecular flexibility index (Phi) is 8.76. The molecule has 1 N–H and O–H groups in total. The highest BCUT2D eigenvalue weighted by molar-refractivity contribution is 14.0. The first-order chi connectivity index (χ1) is 13.2. The maximum Gasteiger partial charge on any atom is 0.193 e. The van der Waals surface area contributed by atoms with E-state index in [1.54, 1.807) is 0 Å². The number of likely N-dealkylation sites (tertiary alicyclic amines) is 1. The smallest absolute Gasteiger partial charge is 0.193 e. The van der Waals surface area contributed by atoms with Gasteiger partial charge in [-0.2, -0.15) is 0 Å². The molecule has 0 bridgehead atoms. The summed E-state index contributed by atoms with van der Waals surface area (Å²) in [5.41, 5.74) is 3.97. The van der Waals surface area contributed by atoms with Crippen LogP contribution in [0.3, 0.4) is 0 Å². The van der Waals surface area contributed by atoms with Gasteiger partial charge in [0.15, 0.2) is 5.96 Å². The van der Waals surface area contributed by atoms with E-state index in [0.29, 0.717) is 0 Å². The van der Waals surface area contributed by atoms with Gasteiger partial charge in [0.05, 0.1) is 0 Å². The van der Waals surface area contributed by atoms with Crippen LogP contribution in [0.15, 0.2) is 59.2 Å². The minimum Gasteiger partial charge on any atom is -0.362 e. The Morgan fingerprint density at radius 2 is 1.86 bits per heavy atom. The molecule has 0 radical (unpaired) electrons. The lowest BCUT2D eigenvalue weighted by atomic mass is 10.0. The first kappa shape index (κ1) is 22.2. The number of guanidine groups is 1. The predicted molar refractivity (Wildman–Crippen MR) is 129 cm³/mol. The van der Waals surface area contributed by atoms with Crippen LogP contribution in [0.25, 0.3) is 6.08 Å². The van der Waals surface area contributed by atoms with Crippen LogP contribution in [0.1, 0.15) is 24.0 Å². The van der Waals surface area contributed by atoms with Crippen molar-refractivity contribution in [2.24, 2.45) is 4.99 Å². The van der Waals surface area contributed by atoms with Crippen molar-refractivity contribution in [3.8, 4) is 0 Å². The summed E-state index contributed by atoms with van der Waals surface area (Å²) in [6, 6.07) is 14.7. The summed E-state index contributed by atoms with van der Waals surface area (Å²) in [7, 11) is 5.89. The van der Waals surface area contributed by atoms with Crippen LogP contribution < -0.4 is 10.2 Å². The molecule has 1 aliphatic heterocycles. The number of pyridine rings is 1. The lowest BCUT2D eigenvalue weighted by Crippen LogP contribution is -2.44. The van der Waals surface area contributed by atoms with Gasteiger partial charge in [0, 0.05) is 52.5 Å². The third-order valence-electron chi connectivity index (χ3n) is 4.82. The fraction of sp³-hybridized carbons (Fsp3) is 0.364. The van der Waals surface area contributed by atoms with E-state index in [1.807, 2.05) is 38.3 Å². The van der Waals surface area contributed by atoms with Crippen molar-refractivity contribution in [2.45, 2.75) is 19.4 Å². The molecule has 2 aromatic rings. The van der Waals surface area contributed by atoms with Crippen LogP contribution in [-0.2, 0) is 6.54 Å². The third kappa shape index (κ3) is 5.95. The molecule has 1 aromatic heterocycles. The van der Waals surface area contributed by atoms with Gasteiger partial charge in [-0.25, -0.2) is 4.98 Å². The minimum absolute atomic E-state index is 0. The molecule has 0 amide bonds. The Morgan fingerprint density at radius 1 is 1.14 bits per heavy atom. The van der Waals surface area contributed by atoms with Crippen LogP contribution in [-0.4, -0.2) is 50.1 Å². The summed E-state index contributed by atoms with van der Waals surface area (Å²) in [5.74, 6) is 1.95. The summed E-state index contributed by atoms with van der Waals surface area (Å²) < 4.78 is 0. The average Bonchev–Trinajstić information content (AvgIpc) is 2.70. The van der Waals surface area contributed by atoms with Crippen molar-refractivity contribution in [1.29, 1.82) is 0 Å². The van der Waals surface area contributed by atoms with Gasteiger partial charge in [0.25, 0.3) is 0 Å². The highest BCUT2D eigenvalue weighted by Gasteiger charge is 2.17. The standard InChI is InChI=1S/C22H29N5.HI/c1-23-22(25-17-20-10-7-13-24-21(20)26(2)3)27-14-11-19(12-15-27)16-18-8-5-4-6-9-18;/h4-10,13,16H,11-12,14-15,17H2,1-3H3,(H,23,25);1H. The van der Waals surface area contributed by atoms with Crippen molar-refractivity contribution in [1.82, 2.24) is 15.2 Å². The molecule has 2 heterocycles. The third-order valence-corrected chi connectivity index (χ3v) is 4.82. The Balaban J connectivity index is 0.00000280. The second-order valence-corrected chi connectivity index (χ2v) is 6.98. The quantitative estimate of drug-likeness (QED) is 0.399. The van der Waals surface area contributed by atoms with Crippen LogP contribution >= 0.6 is 24.0 Å². The van der Waals surface area contributed by atoms with Crippen molar-refractivity contribution < 1.29 is 0 Å². The summed E-state index contributed by atoms with van der Waals surface area (Å²) in [6.45, 7) is 2.70. The number of hydrogen-bond acceptors (Lipinski definition) is 3. The van der Waals surface area contributed by atoms with E-state index >= 15 is 0 Å². The zero-order valence-electron chi connectivity index (χ0n) is 16.9. The molecule has 0 aliphatic carbocycles. The largest absolute Gasteiger partial charge is 0.362 e. The number of hydrogen-bond donors (Lipinski definition) is 1. The fourth-order valence-corrected chi connectivity index (χ4v) is 3.41. The summed E-state index contributed by atoms with van der Waals surface area (Å²) in [6.07, 6.45) is 6.31. The second-order valence-electron chi connectivity index (χ2n) is 6.98. The molecular weight excluding hydrogens is 461 g/mol. The number of nitrogens with one attached hydrogen (secondary N) is 1. The average molecular weight is 491 g/mol. The van der Waals surface area contributed by atoms with Crippen molar-refractivity contribution in [3.05, 3.63) is 65.4 Å². The minimum atomic E-state index is 0. The molecular formula is C22H30IN5. The van der Waals surface area contributed by atoms with Crippen LogP contribution in [0, 0.1) is 0 Å². The lowest BCUT2D eigenvalue weighted by molar-refractivity contribution is 0.375. The number of benzene rings is 1. The monoisotopic (exact) mass is 491 g/mol. The first-order valence-corrected chi connectivity index (χ1v) is 9.48. The van der Waals surface area contributed by atoms with Crippen molar-refractivity contribution in [2.75, 3.05) is 39.1 Å². The van der Waals surface area contributed by atoms with Gasteiger partial charge in [0.1, 0.15) is 5.82 Å². The Hall–Kier alpha value is -2.09. The number of anilines is 1. The highest BCUT2D eigenvalue weighted by atomic mass is 127. The topological polar surface area (TPSA) is 43.8 Å². The molecule has 6 heteroatoms. The number of rotatable bonds is 4. The summed E-state index contributed by atoms with van der Waals surface area (Å²) in [5, 5.41) is 3.51. The van der Waals surface area contributed by atoms with Gasteiger partial charge in [-0.3, -0.25) is 4.99 Å². The number of aliphatic imine (C=N–C) groups is 1. The van der Waals surface area contributed by atoms with Crippen molar-refractivity contribution >= 4 is 41.8 Å². The number of nitrogens with zero attached hydrogens (tertiary/aromatic N) is 4. The Bertz CT molecular complexity index is 792. The maximum absolute atomic E-state index is 4.49. The molecule has 0 spiro atoms. The number of piperidine rings is 1. The molecule has 1 aromatic carbocycles. The predicted octanol–water partition coefficient (Wildman–Crippen LogP) is 4.02. The molecule has 3 rings (SSSR count). The van der Waals surface area contributed by atoms with E-state index in [2.05, 4.69) is 62.7 Å². The molecule has 1 saturated heterocycles. The maximum atomic E-state index is 4.49. The zero-order valence-corrected chi connectivity index (χ0v) is 19.3. The normalized spacial score (nSPS) is 14.3. The van der Waals surface area contributed by atoms with Crippen LogP contribution in [0.4, 0.5) is 5.82 Å². The van der Waals surface area contributed by atoms with Crippen LogP contribution in [0.2, 0.25) is 0 Å². The summed E-state index contributed by atoms with van der Waals surface area (Å²) >= 11 is 0.